The van der Waals surface area contributed by atoms with Gasteiger partial charge in [-0.1, -0.05) is 6.08 Å². The van der Waals surface area contributed by atoms with Crippen LogP contribution in [0.1, 0.15) is 30.5 Å². The summed E-state index contributed by atoms with van der Waals surface area (Å²) in [5, 5.41) is 13.6. The molecule has 0 aromatic carbocycles. The first kappa shape index (κ1) is 30.8. The number of amides is 3. The quantitative estimate of drug-likeness (QED) is 0.202. The Morgan fingerprint density at radius 2 is 2.00 bits per heavy atom. The summed E-state index contributed by atoms with van der Waals surface area (Å²) in [5.74, 6) is -1.97. The molecule has 15 heteroatoms. The Morgan fingerprint density at radius 3 is 2.66 bits per heavy atom. The van der Waals surface area contributed by atoms with Gasteiger partial charge in [0.25, 0.3) is 5.56 Å². The van der Waals surface area contributed by atoms with E-state index in [1.807, 2.05) is 0 Å². The Morgan fingerprint density at radius 1 is 1.27 bits per heavy atom. The number of pyridine rings is 2. The number of anilines is 1. The summed E-state index contributed by atoms with van der Waals surface area (Å²) in [4.78, 5) is 56.8. The Balaban J connectivity index is 1.77. The molecular formula is C26H28F4N6O5. The van der Waals surface area contributed by atoms with Gasteiger partial charge in [0.15, 0.2) is 0 Å². The van der Waals surface area contributed by atoms with Crippen molar-refractivity contribution in [2.24, 2.45) is 0 Å². The third kappa shape index (κ3) is 8.65. The number of aromatic amines is 1. The molecule has 0 bridgehead atoms. The first-order valence-electron chi connectivity index (χ1n) is 12.3. The number of likely N-dealkylation sites (N-methyl/N-ethyl adjacent to an activating group) is 1. The number of carbonyl (C=O) groups excluding carboxylic acids is 2. The van der Waals surface area contributed by atoms with Crippen LogP contribution in [0.25, 0.3) is 11.0 Å². The van der Waals surface area contributed by atoms with Crippen LogP contribution < -0.4 is 16.2 Å². The molecule has 0 radical (unpaired) electrons. The van der Waals surface area contributed by atoms with E-state index >= 15 is 0 Å². The number of nitrogens with one attached hydrogen (secondary N) is 3. The highest BCUT2D eigenvalue weighted by Gasteiger charge is 2.28. The van der Waals surface area contributed by atoms with Gasteiger partial charge in [-0.25, -0.2) is 9.18 Å². The molecule has 41 heavy (non-hydrogen) atoms. The molecule has 0 saturated carbocycles. The van der Waals surface area contributed by atoms with E-state index in [0.29, 0.717) is 5.69 Å². The number of allylic oxidation sites excluding steroid dienone is 1. The number of hydrogen-bond donors (Lipinski definition) is 4. The number of halogens is 4. The number of fused-ring (bicyclic) bond motifs is 1. The molecule has 0 spiro atoms. The third-order valence-electron chi connectivity index (χ3n) is 5.97. The van der Waals surface area contributed by atoms with Crippen molar-refractivity contribution in [2.45, 2.75) is 44.4 Å². The number of nitrogens with zero attached hydrogens (tertiary/aromatic N) is 3. The number of hydrogen-bond acceptors (Lipinski definition) is 5. The molecule has 3 rings (SSSR count). The van der Waals surface area contributed by atoms with Gasteiger partial charge in [-0.15, -0.1) is 0 Å². The molecule has 0 fully saturated rings. The molecule has 0 aliphatic rings. The summed E-state index contributed by atoms with van der Waals surface area (Å²) in [6, 6.07) is 3.03. The minimum Gasteiger partial charge on any atom is -0.465 e. The minimum atomic E-state index is -4.48. The fourth-order valence-electron chi connectivity index (χ4n) is 3.92. The molecule has 3 aromatic rings. The zero-order chi connectivity index (χ0) is 30.3. The topological polar surface area (TPSA) is 149 Å². The maximum absolute atomic E-state index is 14.3. The van der Waals surface area contributed by atoms with Crippen LogP contribution in [0.4, 0.5) is 28.0 Å². The van der Waals surface area contributed by atoms with Gasteiger partial charge < -0.3 is 30.2 Å². The molecule has 3 heterocycles. The molecule has 0 saturated heterocycles. The maximum Gasteiger partial charge on any atom is 0.405 e. The highest BCUT2D eigenvalue weighted by Crippen LogP contribution is 2.27. The summed E-state index contributed by atoms with van der Waals surface area (Å²) in [6.45, 7) is -0.110. The number of carbonyl (C=O) groups is 3. The maximum atomic E-state index is 14.3. The van der Waals surface area contributed by atoms with Gasteiger partial charge in [-0.2, -0.15) is 13.2 Å². The van der Waals surface area contributed by atoms with E-state index in [-0.39, 0.29) is 47.6 Å². The van der Waals surface area contributed by atoms with Crippen LogP contribution in [-0.4, -0.2) is 68.8 Å². The van der Waals surface area contributed by atoms with Crippen molar-refractivity contribution in [3.63, 3.8) is 0 Å². The zero-order valence-corrected chi connectivity index (χ0v) is 22.1. The van der Waals surface area contributed by atoms with Crippen LogP contribution in [0.3, 0.4) is 0 Å². The van der Waals surface area contributed by atoms with E-state index in [1.54, 1.807) is 14.1 Å². The monoisotopic (exact) mass is 580 g/mol. The van der Waals surface area contributed by atoms with Gasteiger partial charge in [0.2, 0.25) is 11.8 Å². The lowest BCUT2D eigenvalue weighted by atomic mass is 10.1. The molecule has 0 aliphatic heterocycles. The average Bonchev–Trinajstić information content (AvgIpc) is 3.29. The van der Waals surface area contributed by atoms with Crippen molar-refractivity contribution in [1.82, 2.24) is 24.8 Å². The van der Waals surface area contributed by atoms with Crippen molar-refractivity contribution >= 4 is 34.6 Å². The number of aryl methyl sites for hydroxylation is 1. The van der Waals surface area contributed by atoms with E-state index in [1.165, 1.54) is 46.0 Å². The van der Waals surface area contributed by atoms with Gasteiger partial charge in [0.05, 0.1) is 23.8 Å². The standard InChI is InChI=1S/C26H28F4N6O5/c1-35(2)21(37)8-4-3-6-18(34-25(40)41)23(38)33-19-7-5-11-36(24(19)39)14-15-12-20-22(32-15)16(17(27)13-31-20)9-10-26(28,29)30/h4-5,7-8,11-13,18,32,34H,3,6,9-10,14H2,1-2H3,(H,33,38)(H,40,41)/b8-4+/t18-/m0/s1. The Hall–Kier alpha value is -4.69. The second kappa shape index (κ2) is 13.1. The van der Waals surface area contributed by atoms with E-state index in [2.05, 4.69) is 20.6 Å². The van der Waals surface area contributed by atoms with Crippen molar-refractivity contribution in [2.75, 3.05) is 19.4 Å². The van der Waals surface area contributed by atoms with Gasteiger partial charge >= 0.3 is 12.3 Å². The lowest BCUT2D eigenvalue weighted by Gasteiger charge is -2.16. The van der Waals surface area contributed by atoms with Crippen LogP contribution in [-0.2, 0) is 22.6 Å². The van der Waals surface area contributed by atoms with Crippen LogP contribution >= 0.6 is 0 Å². The van der Waals surface area contributed by atoms with Crippen LogP contribution in [0, 0.1) is 5.82 Å². The molecular weight excluding hydrogens is 552 g/mol. The summed E-state index contributed by atoms with van der Waals surface area (Å²) in [7, 11) is 3.12. The number of rotatable bonds is 11. The molecule has 3 amide bonds. The summed E-state index contributed by atoms with van der Waals surface area (Å²) >= 11 is 0. The first-order chi connectivity index (χ1) is 19.2. The van der Waals surface area contributed by atoms with E-state index in [9.17, 15) is 36.7 Å². The van der Waals surface area contributed by atoms with Crippen LogP contribution in [0.5, 0.6) is 0 Å². The van der Waals surface area contributed by atoms with Crippen molar-refractivity contribution in [1.29, 1.82) is 0 Å². The zero-order valence-electron chi connectivity index (χ0n) is 22.1. The minimum absolute atomic E-state index is 0.00562. The van der Waals surface area contributed by atoms with Crippen molar-refractivity contribution in [3.8, 4) is 0 Å². The number of carboxylic acid groups (broad SMARTS) is 1. The highest BCUT2D eigenvalue weighted by molar-refractivity contribution is 5.96. The SMILES string of the molecule is CN(C)C(=O)/C=C/CC[C@H](NC(=O)O)C(=O)Nc1cccn(Cc2cc3ncc(F)c(CCC(F)(F)F)c3[nH]2)c1=O. The van der Waals surface area contributed by atoms with Gasteiger partial charge in [0.1, 0.15) is 17.5 Å². The predicted molar refractivity (Wildman–Crippen MR) is 141 cm³/mol. The Bertz CT molecular complexity index is 1510. The smallest absolute Gasteiger partial charge is 0.405 e. The normalized spacial score (nSPS) is 12.4. The predicted octanol–water partition coefficient (Wildman–Crippen LogP) is 3.41. The van der Waals surface area contributed by atoms with E-state index in [4.69, 9.17) is 5.11 Å². The third-order valence-corrected chi connectivity index (χ3v) is 5.97. The Kier molecular flexibility index (Phi) is 9.86. The summed E-state index contributed by atoms with van der Waals surface area (Å²) < 4.78 is 53.6. The van der Waals surface area contributed by atoms with Crippen molar-refractivity contribution < 1.29 is 37.1 Å². The highest BCUT2D eigenvalue weighted by atomic mass is 19.4. The Labute approximate surface area is 230 Å². The number of alkyl halides is 3. The number of H-pyrrole nitrogens is 1. The van der Waals surface area contributed by atoms with E-state index in [0.717, 1.165) is 6.20 Å². The van der Waals surface area contributed by atoms with Crippen LogP contribution in [0.2, 0.25) is 0 Å². The molecule has 0 unspecified atom stereocenters. The molecule has 1 atom stereocenters. The van der Waals surface area contributed by atoms with Gasteiger partial charge in [-0.05, 0) is 43.5 Å². The molecule has 0 aliphatic carbocycles. The van der Waals surface area contributed by atoms with Gasteiger partial charge in [0, 0.05) is 38.0 Å². The fourth-order valence-corrected chi connectivity index (χ4v) is 3.92. The molecule has 220 valence electrons. The van der Waals surface area contributed by atoms with E-state index < -0.39 is 48.4 Å². The second-order valence-corrected chi connectivity index (χ2v) is 9.31. The molecule has 3 aromatic heterocycles. The van der Waals surface area contributed by atoms with Gasteiger partial charge in [-0.3, -0.25) is 19.4 Å². The van der Waals surface area contributed by atoms with Crippen LogP contribution in [0.15, 0.2) is 47.5 Å². The molecule has 11 nitrogen and oxygen atoms in total. The number of aromatic nitrogens is 3. The first-order valence-corrected chi connectivity index (χ1v) is 12.3. The summed E-state index contributed by atoms with van der Waals surface area (Å²) in [6.07, 6.45) is -2.52. The average molecular weight is 581 g/mol. The fraction of sp³-hybridized carbons (Fsp3) is 0.346. The van der Waals surface area contributed by atoms with Crippen molar-refractivity contribution in [3.05, 3.63) is 70.2 Å². The summed E-state index contributed by atoms with van der Waals surface area (Å²) in [5.41, 5.74) is -0.322. The lowest BCUT2D eigenvalue weighted by Crippen LogP contribution is -2.44. The molecule has 4 N–H and O–H groups in total. The largest absolute Gasteiger partial charge is 0.465 e. The lowest BCUT2D eigenvalue weighted by molar-refractivity contribution is -0.134. The second-order valence-electron chi connectivity index (χ2n) is 9.31.